The second-order valence-electron chi connectivity index (χ2n) is 8.67. The van der Waals surface area contributed by atoms with Gasteiger partial charge in [0.15, 0.2) is 5.82 Å². The molecule has 3 aromatic rings. The van der Waals surface area contributed by atoms with Gasteiger partial charge in [-0.2, -0.15) is 5.10 Å². The van der Waals surface area contributed by atoms with Gasteiger partial charge in [-0.15, -0.1) is 0 Å². The minimum absolute atomic E-state index is 0.0151. The Bertz CT molecular complexity index is 1110. The van der Waals surface area contributed by atoms with Crippen LogP contribution in [0.1, 0.15) is 29.0 Å². The summed E-state index contributed by atoms with van der Waals surface area (Å²) in [7, 11) is 0. The lowest BCUT2D eigenvalue weighted by Gasteiger charge is -2.27. The van der Waals surface area contributed by atoms with Gasteiger partial charge in [0.05, 0.1) is 18.8 Å². The van der Waals surface area contributed by atoms with Crippen molar-refractivity contribution in [3.63, 3.8) is 0 Å². The lowest BCUT2D eigenvalue weighted by Crippen LogP contribution is -2.38. The molecular weight excluding hydrogens is 380 g/mol. The van der Waals surface area contributed by atoms with E-state index in [-0.39, 0.29) is 17.7 Å². The van der Waals surface area contributed by atoms with E-state index in [1.54, 1.807) is 0 Å². The molecule has 154 valence electrons. The summed E-state index contributed by atoms with van der Waals surface area (Å²) >= 11 is 0. The molecule has 3 N–H and O–H groups in total. The second kappa shape index (κ2) is 6.70. The van der Waals surface area contributed by atoms with E-state index in [4.69, 9.17) is 0 Å². The minimum Gasteiger partial charge on any atom is -0.351 e. The first-order valence-electron chi connectivity index (χ1n) is 10.6. The fraction of sp³-hybridized carbons (Fsp3) is 0.409. The highest BCUT2D eigenvalue weighted by atomic mass is 16.2. The van der Waals surface area contributed by atoms with Crippen LogP contribution in [-0.2, 0) is 17.9 Å². The first-order valence-corrected chi connectivity index (χ1v) is 10.6. The van der Waals surface area contributed by atoms with E-state index in [1.807, 2.05) is 46.0 Å². The molecule has 3 atom stereocenters. The molecule has 8 nitrogen and oxygen atoms in total. The number of anilines is 1. The summed E-state index contributed by atoms with van der Waals surface area (Å²) in [6, 6.07) is 12.2. The molecule has 2 amide bonds. The zero-order chi connectivity index (χ0) is 20.2. The summed E-state index contributed by atoms with van der Waals surface area (Å²) in [4.78, 5) is 30.7. The molecule has 1 saturated carbocycles. The van der Waals surface area contributed by atoms with Crippen LogP contribution in [0, 0.1) is 11.8 Å². The molecule has 3 aliphatic rings. The maximum atomic E-state index is 13.0. The van der Waals surface area contributed by atoms with Crippen LogP contribution in [0.4, 0.5) is 5.82 Å². The number of amides is 2. The van der Waals surface area contributed by atoms with Crippen molar-refractivity contribution in [3.05, 3.63) is 47.8 Å². The average Bonchev–Trinajstić information content (AvgIpc) is 3.54. The Labute approximate surface area is 173 Å². The summed E-state index contributed by atoms with van der Waals surface area (Å²) in [5.74, 6) is 1.17. The number of H-pyrrole nitrogens is 1. The third kappa shape index (κ3) is 2.90. The van der Waals surface area contributed by atoms with Crippen molar-refractivity contribution in [1.29, 1.82) is 0 Å². The molecule has 2 bridgehead atoms. The molecule has 2 aromatic heterocycles. The maximum Gasteiger partial charge on any atom is 0.270 e. The van der Waals surface area contributed by atoms with E-state index in [0.29, 0.717) is 43.1 Å². The lowest BCUT2D eigenvalue weighted by molar-refractivity contribution is -0.121. The predicted molar refractivity (Wildman–Crippen MR) is 112 cm³/mol. The van der Waals surface area contributed by atoms with Crippen molar-refractivity contribution >= 4 is 28.5 Å². The van der Waals surface area contributed by atoms with Crippen LogP contribution in [0.5, 0.6) is 0 Å². The molecule has 1 saturated heterocycles. The Kier molecular flexibility index (Phi) is 3.95. The standard InChI is InChI=1S/C22H24N6O2/c29-21(17-9-15-7-14(17)11-23-15)25-20-10-16-12-27(5-6-28(16)26-20)22(30)19-8-13-3-1-2-4-18(13)24-19/h1-4,8,10,14-15,17,23-24H,5-7,9,11-12H2,(H,25,26,29). The number of fused-ring (bicyclic) bond motifs is 4. The van der Waals surface area contributed by atoms with Crippen molar-refractivity contribution in [3.8, 4) is 0 Å². The van der Waals surface area contributed by atoms with Crippen molar-refractivity contribution in [2.24, 2.45) is 11.8 Å². The topological polar surface area (TPSA) is 95.1 Å². The monoisotopic (exact) mass is 404 g/mol. The van der Waals surface area contributed by atoms with Gasteiger partial charge in [0, 0.05) is 35.5 Å². The Morgan fingerprint density at radius 1 is 1.13 bits per heavy atom. The van der Waals surface area contributed by atoms with Crippen LogP contribution in [0.15, 0.2) is 36.4 Å². The molecular formula is C22H24N6O2. The van der Waals surface area contributed by atoms with Gasteiger partial charge in [-0.1, -0.05) is 18.2 Å². The number of carbonyl (C=O) groups excluding carboxylic acids is 2. The molecule has 6 rings (SSSR count). The molecule has 1 aromatic carbocycles. The number of aromatic amines is 1. The highest BCUT2D eigenvalue weighted by Crippen LogP contribution is 2.37. The fourth-order valence-corrected chi connectivity index (χ4v) is 5.23. The van der Waals surface area contributed by atoms with E-state index in [0.717, 1.165) is 36.0 Å². The Balaban J connectivity index is 1.15. The first kappa shape index (κ1) is 17.7. The molecule has 2 fully saturated rings. The van der Waals surface area contributed by atoms with Crippen molar-refractivity contribution in [1.82, 2.24) is 25.0 Å². The molecule has 0 radical (unpaired) electrons. The van der Waals surface area contributed by atoms with Gasteiger partial charge >= 0.3 is 0 Å². The van der Waals surface area contributed by atoms with Crippen LogP contribution < -0.4 is 10.6 Å². The van der Waals surface area contributed by atoms with Gasteiger partial charge in [-0.3, -0.25) is 14.3 Å². The largest absolute Gasteiger partial charge is 0.351 e. The van der Waals surface area contributed by atoms with Gasteiger partial charge < -0.3 is 20.5 Å². The number of carbonyl (C=O) groups is 2. The normalized spacial score (nSPS) is 24.9. The highest BCUT2D eigenvalue weighted by molar-refractivity contribution is 5.98. The quantitative estimate of drug-likeness (QED) is 0.622. The number of rotatable bonds is 3. The third-order valence-electron chi connectivity index (χ3n) is 6.80. The van der Waals surface area contributed by atoms with E-state index in [1.165, 1.54) is 0 Å². The van der Waals surface area contributed by atoms with Gasteiger partial charge in [-0.05, 0) is 37.4 Å². The summed E-state index contributed by atoms with van der Waals surface area (Å²) in [6.45, 7) is 2.63. The molecule has 1 aliphatic carbocycles. The average molecular weight is 404 g/mol. The number of nitrogens with one attached hydrogen (secondary N) is 3. The van der Waals surface area contributed by atoms with Crippen LogP contribution in [0.25, 0.3) is 10.9 Å². The van der Waals surface area contributed by atoms with Crippen molar-refractivity contribution < 1.29 is 9.59 Å². The molecule has 30 heavy (non-hydrogen) atoms. The summed E-state index contributed by atoms with van der Waals surface area (Å²) in [5, 5.41) is 12.0. The van der Waals surface area contributed by atoms with Crippen molar-refractivity contribution in [2.45, 2.75) is 32.0 Å². The van der Waals surface area contributed by atoms with Gasteiger partial charge in [0.2, 0.25) is 5.91 Å². The van der Waals surface area contributed by atoms with Crippen molar-refractivity contribution in [2.75, 3.05) is 18.4 Å². The van der Waals surface area contributed by atoms with E-state index in [9.17, 15) is 9.59 Å². The number of hydrogen-bond donors (Lipinski definition) is 3. The first-order chi connectivity index (χ1) is 14.6. The summed E-state index contributed by atoms with van der Waals surface area (Å²) < 4.78 is 1.90. The molecule has 2 aliphatic heterocycles. The minimum atomic E-state index is -0.0151. The predicted octanol–water partition coefficient (Wildman–Crippen LogP) is 1.96. The van der Waals surface area contributed by atoms with E-state index < -0.39 is 0 Å². The van der Waals surface area contributed by atoms with E-state index >= 15 is 0 Å². The number of aromatic nitrogens is 3. The zero-order valence-electron chi connectivity index (χ0n) is 16.6. The van der Waals surface area contributed by atoms with Gasteiger partial charge in [0.25, 0.3) is 5.91 Å². The molecule has 8 heteroatoms. The van der Waals surface area contributed by atoms with Gasteiger partial charge in [0.1, 0.15) is 5.69 Å². The smallest absolute Gasteiger partial charge is 0.270 e. The summed E-state index contributed by atoms with van der Waals surface area (Å²) in [6.07, 6.45) is 2.01. The number of para-hydroxylation sites is 1. The highest BCUT2D eigenvalue weighted by Gasteiger charge is 2.43. The zero-order valence-corrected chi connectivity index (χ0v) is 16.6. The molecule has 3 unspecified atom stereocenters. The third-order valence-corrected chi connectivity index (χ3v) is 6.80. The Hall–Kier alpha value is -3.13. The molecule has 4 heterocycles. The fourth-order valence-electron chi connectivity index (χ4n) is 5.23. The van der Waals surface area contributed by atoms with Crippen LogP contribution >= 0.6 is 0 Å². The number of piperidine rings is 1. The maximum absolute atomic E-state index is 13.0. The van der Waals surface area contributed by atoms with Gasteiger partial charge in [-0.25, -0.2) is 0 Å². The van der Waals surface area contributed by atoms with E-state index in [2.05, 4.69) is 20.7 Å². The SMILES string of the molecule is O=C(Nc1cc2n(n1)CCN(C(=O)c1cc3ccccc3[nH]1)C2)C1CC2CC1CN2. The Morgan fingerprint density at radius 2 is 2.03 bits per heavy atom. The second-order valence-corrected chi connectivity index (χ2v) is 8.67. The van der Waals surface area contributed by atoms with Crippen LogP contribution in [-0.4, -0.2) is 50.6 Å². The number of benzene rings is 1. The van der Waals surface area contributed by atoms with Crippen LogP contribution in [0.3, 0.4) is 0 Å². The van der Waals surface area contributed by atoms with Crippen LogP contribution in [0.2, 0.25) is 0 Å². The summed E-state index contributed by atoms with van der Waals surface area (Å²) in [5.41, 5.74) is 2.50. The lowest BCUT2D eigenvalue weighted by atomic mass is 9.94. The molecule has 0 spiro atoms. The number of hydrogen-bond acceptors (Lipinski definition) is 4. The Morgan fingerprint density at radius 3 is 2.83 bits per heavy atom. The number of nitrogens with zero attached hydrogens (tertiary/aromatic N) is 3.